The fourth-order valence-corrected chi connectivity index (χ4v) is 2.52. The van der Waals surface area contributed by atoms with E-state index in [0.717, 1.165) is 24.3 Å². The lowest BCUT2D eigenvalue weighted by Gasteiger charge is -2.40. The Morgan fingerprint density at radius 2 is 1.68 bits per heavy atom. The second-order valence-electron chi connectivity index (χ2n) is 8.63. The van der Waals surface area contributed by atoms with E-state index in [-0.39, 0.29) is 11.0 Å². The highest BCUT2D eigenvalue weighted by Gasteiger charge is 2.33. The van der Waals surface area contributed by atoms with Crippen LogP contribution in [0.5, 0.6) is 11.5 Å². The van der Waals surface area contributed by atoms with Gasteiger partial charge in [-0.15, -0.1) is 0 Å². The minimum absolute atomic E-state index is 0.163. The summed E-state index contributed by atoms with van der Waals surface area (Å²) in [7, 11) is 0. The quantitative estimate of drug-likeness (QED) is 0.874. The summed E-state index contributed by atoms with van der Waals surface area (Å²) >= 11 is 0. The number of hydrogen-bond donors (Lipinski definition) is 1. The zero-order chi connectivity index (χ0) is 16.4. The average Bonchev–Trinajstić information content (AvgIpc) is 2.32. The third-order valence-corrected chi connectivity index (χ3v) is 3.51. The van der Waals surface area contributed by atoms with Crippen molar-refractivity contribution in [1.29, 1.82) is 0 Å². The van der Waals surface area contributed by atoms with Gasteiger partial charge in [-0.1, -0.05) is 26.8 Å². The van der Waals surface area contributed by atoms with Crippen molar-refractivity contribution >= 4 is 0 Å². The van der Waals surface area contributed by atoms with Crippen molar-refractivity contribution in [2.75, 3.05) is 6.61 Å². The molecule has 0 heterocycles. The first kappa shape index (κ1) is 17.1. The van der Waals surface area contributed by atoms with Crippen LogP contribution in [0.25, 0.3) is 0 Å². The largest absolute Gasteiger partial charge is 0.493 e. The third-order valence-electron chi connectivity index (χ3n) is 3.51. The van der Waals surface area contributed by atoms with Crippen LogP contribution in [0.1, 0.15) is 54.4 Å². The lowest BCUT2D eigenvalue weighted by Crippen LogP contribution is -2.53. The summed E-state index contributed by atoms with van der Waals surface area (Å²) in [6, 6.07) is 8.57. The number of ether oxygens (including phenoxy) is 2. The monoisotopic (exact) mass is 305 g/mol. The predicted octanol–water partition coefficient (Wildman–Crippen LogP) is 4.41. The first-order valence-electron chi connectivity index (χ1n) is 8.28. The minimum atomic E-state index is 0.163. The van der Waals surface area contributed by atoms with Gasteiger partial charge in [-0.05, 0) is 51.2 Å². The van der Waals surface area contributed by atoms with E-state index in [1.165, 1.54) is 0 Å². The van der Waals surface area contributed by atoms with Crippen LogP contribution in [0.4, 0.5) is 0 Å². The van der Waals surface area contributed by atoms with E-state index in [1.54, 1.807) is 0 Å². The molecule has 1 aromatic rings. The van der Waals surface area contributed by atoms with Crippen LogP contribution in [0.2, 0.25) is 0 Å². The van der Waals surface area contributed by atoms with Crippen molar-refractivity contribution in [2.45, 2.75) is 72.1 Å². The third kappa shape index (κ3) is 5.88. The normalized spacial score (nSPS) is 22.1. The zero-order valence-electron chi connectivity index (χ0n) is 14.9. The molecule has 1 aliphatic rings. The summed E-state index contributed by atoms with van der Waals surface area (Å²) in [6.07, 6.45) is 2.46. The molecule has 0 atom stereocenters. The van der Waals surface area contributed by atoms with Crippen molar-refractivity contribution in [3.05, 3.63) is 24.3 Å². The van der Waals surface area contributed by atoms with Crippen LogP contribution in [0.3, 0.4) is 0 Å². The lowest BCUT2D eigenvalue weighted by atomic mass is 9.87. The van der Waals surface area contributed by atoms with Crippen molar-refractivity contribution < 1.29 is 9.47 Å². The van der Waals surface area contributed by atoms with Gasteiger partial charge in [0.2, 0.25) is 0 Å². The molecule has 0 aliphatic heterocycles. The Bertz CT molecular complexity index is 479. The van der Waals surface area contributed by atoms with Gasteiger partial charge >= 0.3 is 0 Å². The second-order valence-corrected chi connectivity index (χ2v) is 8.63. The molecule has 1 fully saturated rings. The van der Waals surface area contributed by atoms with E-state index in [1.807, 2.05) is 24.3 Å². The number of rotatable bonds is 5. The lowest BCUT2D eigenvalue weighted by molar-refractivity contribution is 0.0730. The van der Waals surface area contributed by atoms with Gasteiger partial charge in [-0.3, -0.25) is 0 Å². The molecule has 0 bridgehead atoms. The Kier molecular flexibility index (Phi) is 5.06. The molecule has 1 saturated carbocycles. The van der Waals surface area contributed by atoms with Gasteiger partial charge in [0.1, 0.15) is 17.6 Å². The van der Waals surface area contributed by atoms with Crippen LogP contribution in [-0.4, -0.2) is 24.3 Å². The van der Waals surface area contributed by atoms with Gasteiger partial charge < -0.3 is 14.8 Å². The fraction of sp³-hybridized carbons (Fsp3) is 0.684. The molecule has 2 rings (SSSR count). The highest BCUT2D eigenvalue weighted by molar-refractivity contribution is 5.33. The maximum Gasteiger partial charge on any atom is 0.123 e. The van der Waals surface area contributed by atoms with Crippen molar-refractivity contribution in [2.24, 2.45) is 5.41 Å². The molecular formula is C19H31NO2. The van der Waals surface area contributed by atoms with Crippen molar-refractivity contribution in [1.82, 2.24) is 5.32 Å². The smallest absolute Gasteiger partial charge is 0.123 e. The van der Waals surface area contributed by atoms with Crippen molar-refractivity contribution in [3.8, 4) is 11.5 Å². The van der Waals surface area contributed by atoms with E-state index in [4.69, 9.17) is 9.47 Å². The Hall–Kier alpha value is -1.22. The molecule has 0 radical (unpaired) electrons. The number of hydrogen-bond acceptors (Lipinski definition) is 3. The Morgan fingerprint density at radius 3 is 2.27 bits per heavy atom. The van der Waals surface area contributed by atoms with Gasteiger partial charge in [0.25, 0.3) is 0 Å². The van der Waals surface area contributed by atoms with E-state index >= 15 is 0 Å². The molecule has 3 nitrogen and oxygen atoms in total. The molecule has 0 spiro atoms. The summed E-state index contributed by atoms with van der Waals surface area (Å²) in [5, 5.41) is 3.61. The second kappa shape index (κ2) is 6.49. The van der Waals surface area contributed by atoms with E-state index < -0.39 is 0 Å². The standard InChI is InChI=1S/C19H31NO2/c1-18(2,3)13-21-15-8-7-9-16(12-15)22-17-10-14(11-17)20-19(4,5)6/h7-9,12,14,17,20H,10-11,13H2,1-6H3/t14-,17+. The molecule has 0 amide bonds. The Morgan fingerprint density at radius 1 is 1.05 bits per heavy atom. The molecule has 0 saturated heterocycles. The fourth-order valence-electron chi connectivity index (χ4n) is 2.52. The molecule has 22 heavy (non-hydrogen) atoms. The minimum Gasteiger partial charge on any atom is -0.493 e. The molecule has 1 aromatic carbocycles. The highest BCUT2D eigenvalue weighted by atomic mass is 16.5. The van der Waals surface area contributed by atoms with Crippen LogP contribution < -0.4 is 14.8 Å². The van der Waals surface area contributed by atoms with E-state index in [2.05, 4.69) is 46.9 Å². The molecule has 0 aromatic heterocycles. The van der Waals surface area contributed by atoms with Crippen LogP contribution >= 0.6 is 0 Å². The molecular weight excluding hydrogens is 274 g/mol. The summed E-state index contributed by atoms with van der Waals surface area (Å²) in [4.78, 5) is 0. The summed E-state index contributed by atoms with van der Waals surface area (Å²) in [5.74, 6) is 1.79. The maximum absolute atomic E-state index is 6.05. The SMILES string of the molecule is CC(C)(C)COc1cccc(O[C@H]2C[C@@H](NC(C)(C)C)C2)c1. The first-order chi connectivity index (χ1) is 10.1. The van der Waals surface area contributed by atoms with E-state index in [9.17, 15) is 0 Å². The molecule has 0 unspecified atom stereocenters. The Labute approximate surface area is 135 Å². The van der Waals surface area contributed by atoms with Crippen molar-refractivity contribution in [3.63, 3.8) is 0 Å². The van der Waals surface area contributed by atoms with Gasteiger partial charge in [0.05, 0.1) is 6.61 Å². The first-order valence-corrected chi connectivity index (χ1v) is 8.28. The maximum atomic E-state index is 6.05. The summed E-state index contributed by atoms with van der Waals surface area (Å²) in [5.41, 5.74) is 0.340. The molecule has 3 heteroatoms. The molecule has 1 aliphatic carbocycles. The summed E-state index contributed by atoms with van der Waals surface area (Å²) in [6.45, 7) is 13.8. The van der Waals surface area contributed by atoms with Gasteiger partial charge in [0, 0.05) is 17.6 Å². The number of nitrogens with one attached hydrogen (secondary N) is 1. The van der Waals surface area contributed by atoms with Gasteiger partial charge in [-0.2, -0.15) is 0 Å². The zero-order valence-corrected chi connectivity index (χ0v) is 14.9. The Balaban J connectivity index is 1.80. The topological polar surface area (TPSA) is 30.5 Å². The number of benzene rings is 1. The average molecular weight is 305 g/mol. The van der Waals surface area contributed by atoms with Crippen LogP contribution in [0.15, 0.2) is 24.3 Å². The highest BCUT2D eigenvalue weighted by Crippen LogP contribution is 2.29. The predicted molar refractivity (Wildman–Crippen MR) is 91.7 cm³/mol. The molecule has 1 N–H and O–H groups in total. The molecule has 124 valence electrons. The van der Waals surface area contributed by atoms with Gasteiger partial charge in [0.15, 0.2) is 0 Å². The van der Waals surface area contributed by atoms with E-state index in [0.29, 0.717) is 18.8 Å². The van der Waals surface area contributed by atoms with Crippen LogP contribution in [0, 0.1) is 5.41 Å². The van der Waals surface area contributed by atoms with Crippen LogP contribution in [-0.2, 0) is 0 Å². The van der Waals surface area contributed by atoms with Gasteiger partial charge in [-0.25, -0.2) is 0 Å². The summed E-state index contributed by atoms with van der Waals surface area (Å²) < 4.78 is 11.9.